The summed E-state index contributed by atoms with van der Waals surface area (Å²) in [5.74, 6) is 1.11. The molecular weight excluding hydrogens is 221 g/mol. The summed E-state index contributed by atoms with van der Waals surface area (Å²) in [7, 11) is 0. The third-order valence-electron chi connectivity index (χ3n) is 2.34. The van der Waals surface area contributed by atoms with Crippen LogP contribution in [0.2, 0.25) is 10.3 Å². The second-order valence-electron chi connectivity index (χ2n) is 3.41. The van der Waals surface area contributed by atoms with Gasteiger partial charge in [0.25, 0.3) is 0 Å². The van der Waals surface area contributed by atoms with Gasteiger partial charge in [-0.2, -0.15) is 0 Å². The zero-order valence-electron chi connectivity index (χ0n) is 7.63. The van der Waals surface area contributed by atoms with Gasteiger partial charge in [0, 0.05) is 18.5 Å². The maximum atomic E-state index is 5.81. The second-order valence-corrected chi connectivity index (χ2v) is 4.19. The molecule has 76 valence electrons. The van der Waals surface area contributed by atoms with Crippen LogP contribution in [0, 0.1) is 0 Å². The lowest BCUT2D eigenvalue weighted by atomic mass is 9.99. The molecule has 1 unspecified atom stereocenters. The van der Waals surface area contributed by atoms with Crippen LogP contribution >= 0.6 is 23.2 Å². The zero-order valence-corrected chi connectivity index (χ0v) is 9.15. The van der Waals surface area contributed by atoms with Crippen molar-refractivity contribution in [2.45, 2.75) is 18.8 Å². The van der Waals surface area contributed by atoms with E-state index in [-0.39, 0.29) is 0 Å². The van der Waals surface area contributed by atoms with Gasteiger partial charge in [0.1, 0.15) is 16.1 Å². The number of nitrogens with zero attached hydrogens (tertiary/aromatic N) is 2. The monoisotopic (exact) mass is 231 g/mol. The highest BCUT2D eigenvalue weighted by Gasteiger charge is 2.18. The first-order chi connectivity index (χ1) is 6.75. The van der Waals surface area contributed by atoms with Crippen molar-refractivity contribution in [3.63, 3.8) is 0 Å². The highest BCUT2D eigenvalue weighted by molar-refractivity contribution is 6.33. The summed E-state index contributed by atoms with van der Waals surface area (Å²) in [6.07, 6.45) is 2.25. The topological polar surface area (TPSA) is 37.8 Å². The Kier molecular flexibility index (Phi) is 3.21. The van der Waals surface area contributed by atoms with Gasteiger partial charge in [0.05, 0.1) is 0 Å². The molecule has 5 heteroatoms. The fraction of sp³-hybridized carbons (Fsp3) is 0.556. The molecule has 14 heavy (non-hydrogen) atoms. The van der Waals surface area contributed by atoms with Crippen LogP contribution in [-0.4, -0.2) is 23.1 Å². The average Bonchev–Trinajstić information content (AvgIpc) is 2.18. The van der Waals surface area contributed by atoms with Crippen LogP contribution < -0.4 is 5.32 Å². The van der Waals surface area contributed by atoms with Gasteiger partial charge in [-0.1, -0.05) is 23.2 Å². The molecule has 0 radical (unpaired) electrons. The lowest BCUT2D eigenvalue weighted by Crippen LogP contribution is -2.29. The van der Waals surface area contributed by atoms with E-state index in [1.807, 2.05) is 0 Å². The van der Waals surface area contributed by atoms with E-state index in [0.29, 0.717) is 16.2 Å². The van der Waals surface area contributed by atoms with Crippen molar-refractivity contribution in [1.29, 1.82) is 0 Å². The number of rotatable bonds is 1. The fourth-order valence-corrected chi connectivity index (χ4v) is 2.10. The van der Waals surface area contributed by atoms with E-state index in [0.717, 1.165) is 31.8 Å². The van der Waals surface area contributed by atoms with Crippen molar-refractivity contribution in [3.05, 3.63) is 22.2 Å². The molecule has 1 saturated heterocycles. The molecule has 0 saturated carbocycles. The number of nitrogens with one attached hydrogen (secondary N) is 1. The molecule has 2 rings (SSSR count). The summed E-state index contributed by atoms with van der Waals surface area (Å²) >= 11 is 11.6. The van der Waals surface area contributed by atoms with E-state index in [2.05, 4.69) is 15.3 Å². The predicted molar refractivity (Wildman–Crippen MR) is 56.9 cm³/mol. The van der Waals surface area contributed by atoms with Crippen LogP contribution in [0.4, 0.5) is 0 Å². The molecular formula is C9H11Cl2N3. The Hall–Kier alpha value is -0.380. The molecule has 1 aliphatic heterocycles. The van der Waals surface area contributed by atoms with Crippen LogP contribution in [0.1, 0.15) is 24.6 Å². The van der Waals surface area contributed by atoms with Gasteiger partial charge in [0.15, 0.2) is 0 Å². The van der Waals surface area contributed by atoms with Crippen LogP contribution in [0.3, 0.4) is 0 Å². The molecule has 1 atom stereocenters. The molecule has 1 aliphatic rings. The minimum Gasteiger partial charge on any atom is -0.316 e. The van der Waals surface area contributed by atoms with Gasteiger partial charge in [-0.05, 0) is 19.4 Å². The van der Waals surface area contributed by atoms with E-state index < -0.39 is 0 Å². The Balaban J connectivity index is 2.21. The number of piperidine rings is 1. The normalized spacial score (nSPS) is 22.3. The minimum atomic E-state index is 0.347. The van der Waals surface area contributed by atoms with Gasteiger partial charge in [0.2, 0.25) is 0 Å². The summed E-state index contributed by atoms with van der Waals surface area (Å²) in [6.45, 7) is 1.99. The van der Waals surface area contributed by atoms with Gasteiger partial charge >= 0.3 is 0 Å². The van der Waals surface area contributed by atoms with Crippen molar-refractivity contribution in [2.24, 2.45) is 0 Å². The van der Waals surface area contributed by atoms with E-state index in [9.17, 15) is 0 Å². The second kappa shape index (κ2) is 4.43. The summed E-state index contributed by atoms with van der Waals surface area (Å²) in [5.41, 5.74) is 0. The lowest BCUT2D eigenvalue weighted by molar-refractivity contribution is 0.446. The number of halogens is 2. The molecule has 1 fully saturated rings. The average molecular weight is 232 g/mol. The molecule has 1 aromatic heterocycles. The van der Waals surface area contributed by atoms with Crippen LogP contribution in [0.5, 0.6) is 0 Å². The summed E-state index contributed by atoms with van der Waals surface area (Å²) in [6, 6.07) is 1.56. The number of aromatic nitrogens is 2. The van der Waals surface area contributed by atoms with Crippen molar-refractivity contribution in [1.82, 2.24) is 15.3 Å². The van der Waals surface area contributed by atoms with E-state index in [4.69, 9.17) is 23.2 Å². The van der Waals surface area contributed by atoms with Gasteiger partial charge in [-0.3, -0.25) is 0 Å². The summed E-state index contributed by atoms with van der Waals surface area (Å²) in [5, 5.41) is 4.15. The fourth-order valence-electron chi connectivity index (χ4n) is 1.66. The van der Waals surface area contributed by atoms with Crippen LogP contribution in [0.15, 0.2) is 6.07 Å². The molecule has 1 aromatic rings. The molecule has 0 amide bonds. The lowest BCUT2D eigenvalue weighted by Gasteiger charge is -2.21. The Labute approximate surface area is 92.8 Å². The quantitative estimate of drug-likeness (QED) is 0.754. The first-order valence-electron chi connectivity index (χ1n) is 4.66. The first-order valence-corrected chi connectivity index (χ1v) is 5.42. The standard InChI is InChI=1S/C9H11Cl2N3/c10-7-4-8(11)14-9(13-7)6-2-1-3-12-5-6/h4,6,12H,1-3,5H2. The minimum absolute atomic E-state index is 0.347. The van der Waals surface area contributed by atoms with Crippen molar-refractivity contribution < 1.29 is 0 Å². The van der Waals surface area contributed by atoms with Crippen LogP contribution in [-0.2, 0) is 0 Å². The Morgan fingerprint density at radius 1 is 1.29 bits per heavy atom. The summed E-state index contributed by atoms with van der Waals surface area (Å²) < 4.78 is 0. The largest absolute Gasteiger partial charge is 0.316 e. The van der Waals surface area contributed by atoms with Crippen molar-refractivity contribution in [3.8, 4) is 0 Å². The number of hydrogen-bond donors (Lipinski definition) is 1. The van der Waals surface area contributed by atoms with Crippen LogP contribution in [0.25, 0.3) is 0 Å². The maximum absolute atomic E-state index is 5.81. The molecule has 0 aromatic carbocycles. The highest BCUT2D eigenvalue weighted by atomic mass is 35.5. The first kappa shape index (κ1) is 10.1. The van der Waals surface area contributed by atoms with Crippen molar-refractivity contribution in [2.75, 3.05) is 13.1 Å². The van der Waals surface area contributed by atoms with Gasteiger partial charge in [-0.15, -0.1) is 0 Å². The van der Waals surface area contributed by atoms with E-state index in [1.165, 1.54) is 0 Å². The summed E-state index contributed by atoms with van der Waals surface area (Å²) in [4.78, 5) is 8.38. The third-order valence-corrected chi connectivity index (χ3v) is 2.73. The predicted octanol–water partition coefficient (Wildman–Crippen LogP) is 2.25. The SMILES string of the molecule is Clc1cc(Cl)nc(C2CCCNC2)n1. The molecule has 2 heterocycles. The number of hydrogen-bond acceptors (Lipinski definition) is 3. The third kappa shape index (κ3) is 2.35. The molecule has 3 nitrogen and oxygen atoms in total. The van der Waals surface area contributed by atoms with E-state index in [1.54, 1.807) is 6.07 Å². The molecule has 1 N–H and O–H groups in total. The van der Waals surface area contributed by atoms with Gasteiger partial charge < -0.3 is 5.32 Å². The molecule has 0 aliphatic carbocycles. The van der Waals surface area contributed by atoms with Crippen molar-refractivity contribution >= 4 is 23.2 Å². The highest BCUT2D eigenvalue weighted by Crippen LogP contribution is 2.22. The smallest absolute Gasteiger partial charge is 0.136 e. The Morgan fingerprint density at radius 2 is 2.00 bits per heavy atom. The molecule has 0 spiro atoms. The van der Waals surface area contributed by atoms with Gasteiger partial charge in [-0.25, -0.2) is 9.97 Å². The zero-order chi connectivity index (χ0) is 9.97. The molecule has 0 bridgehead atoms. The van der Waals surface area contributed by atoms with E-state index >= 15 is 0 Å². The maximum Gasteiger partial charge on any atom is 0.136 e. The Morgan fingerprint density at radius 3 is 2.57 bits per heavy atom. The Bertz CT molecular complexity index is 304.